The first-order valence-corrected chi connectivity index (χ1v) is 11.4. The third-order valence-electron chi connectivity index (χ3n) is 7.18. The van der Waals surface area contributed by atoms with Crippen LogP contribution < -0.4 is 0 Å². The minimum Gasteiger partial charge on any atom is -0.335 e. The zero-order valence-corrected chi connectivity index (χ0v) is 17.3. The summed E-state index contributed by atoms with van der Waals surface area (Å²) in [6.45, 7) is -0.0880. The molecule has 6 heteroatoms. The summed E-state index contributed by atoms with van der Waals surface area (Å²) in [4.78, 5) is 42.4. The third kappa shape index (κ3) is 3.87. The van der Waals surface area contributed by atoms with Crippen LogP contribution in [-0.4, -0.2) is 46.1 Å². The van der Waals surface area contributed by atoms with Crippen molar-refractivity contribution in [3.05, 3.63) is 11.1 Å². The predicted molar refractivity (Wildman–Crippen MR) is 107 cm³/mol. The van der Waals surface area contributed by atoms with Gasteiger partial charge in [-0.15, -0.1) is 0 Å². The van der Waals surface area contributed by atoms with E-state index in [4.69, 9.17) is 11.6 Å². The Morgan fingerprint density at radius 3 is 2.04 bits per heavy atom. The summed E-state index contributed by atoms with van der Waals surface area (Å²) in [5.41, 5.74) is 0. The molecule has 0 aromatic carbocycles. The molecule has 3 aliphatic carbocycles. The Morgan fingerprint density at radius 1 is 0.929 bits per heavy atom. The SMILES string of the molecule is O=C1[C@@H]2CC=C(Cl)C[C@H]2C(=O)N1CC(=O)N(C1CCCCC1)C1CCCCC1. The van der Waals surface area contributed by atoms with Gasteiger partial charge in [0.1, 0.15) is 6.54 Å². The van der Waals surface area contributed by atoms with E-state index < -0.39 is 0 Å². The van der Waals surface area contributed by atoms with E-state index in [9.17, 15) is 14.4 Å². The molecule has 0 bridgehead atoms. The molecular weight excluding hydrogens is 376 g/mol. The monoisotopic (exact) mass is 406 g/mol. The first-order chi connectivity index (χ1) is 13.6. The minimum atomic E-state index is -0.379. The van der Waals surface area contributed by atoms with Gasteiger partial charge in [0.25, 0.3) is 0 Å². The van der Waals surface area contributed by atoms with Crippen molar-refractivity contribution in [1.82, 2.24) is 9.80 Å². The van der Waals surface area contributed by atoms with Crippen molar-refractivity contribution in [3.63, 3.8) is 0 Å². The Labute approximate surface area is 172 Å². The largest absolute Gasteiger partial charge is 0.335 e. The number of imide groups is 1. The van der Waals surface area contributed by atoms with E-state index in [1.165, 1.54) is 17.7 Å². The molecule has 28 heavy (non-hydrogen) atoms. The van der Waals surface area contributed by atoms with Crippen LogP contribution in [0.25, 0.3) is 0 Å². The van der Waals surface area contributed by atoms with Gasteiger partial charge in [0, 0.05) is 17.1 Å². The molecule has 0 N–H and O–H groups in total. The topological polar surface area (TPSA) is 57.7 Å². The van der Waals surface area contributed by atoms with Gasteiger partial charge in [-0.3, -0.25) is 19.3 Å². The number of fused-ring (bicyclic) bond motifs is 1. The lowest BCUT2D eigenvalue weighted by Crippen LogP contribution is -2.52. The van der Waals surface area contributed by atoms with E-state index in [0.29, 0.717) is 17.9 Å². The van der Waals surface area contributed by atoms with Gasteiger partial charge < -0.3 is 4.90 Å². The molecule has 1 heterocycles. The predicted octanol–water partition coefficient (Wildman–Crippen LogP) is 4.00. The van der Waals surface area contributed by atoms with E-state index in [0.717, 1.165) is 51.4 Å². The lowest BCUT2D eigenvalue weighted by molar-refractivity contribution is -0.149. The number of halogens is 1. The van der Waals surface area contributed by atoms with Gasteiger partial charge in [-0.25, -0.2) is 0 Å². The van der Waals surface area contributed by atoms with E-state index in [-0.39, 0.29) is 48.2 Å². The van der Waals surface area contributed by atoms with Gasteiger partial charge >= 0.3 is 0 Å². The van der Waals surface area contributed by atoms with E-state index in [2.05, 4.69) is 4.90 Å². The van der Waals surface area contributed by atoms with Crippen molar-refractivity contribution in [2.75, 3.05) is 6.54 Å². The lowest BCUT2D eigenvalue weighted by Gasteiger charge is -2.42. The van der Waals surface area contributed by atoms with Crippen LogP contribution in [0.2, 0.25) is 0 Å². The van der Waals surface area contributed by atoms with Gasteiger partial charge in [-0.2, -0.15) is 0 Å². The molecule has 4 aliphatic rings. The summed E-state index contributed by atoms with van der Waals surface area (Å²) in [6, 6.07) is 0.547. The van der Waals surface area contributed by atoms with Gasteiger partial charge in [0.05, 0.1) is 11.8 Å². The first kappa shape index (κ1) is 19.9. The number of hydrogen-bond acceptors (Lipinski definition) is 3. The van der Waals surface area contributed by atoms with Crippen molar-refractivity contribution in [1.29, 1.82) is 0 Å². The summed E-state index contributed by atoms with van der Waals surface area (Å²) in [7, 11) is 0. The van der Waals surface area contributed by atoms with E-state index in [1.807, 2.05) is 6.08 Å². The molecule has 1 aliphatic heterocycles. The summed E-state index contributed by atoms with van der Waals surface area (Å²) in [5.74, 6) is -1.13. The van der Waals surface area contributed by atoms with Crippen LogP contribution >= 0.6 is 11.6 Å². The van der Waals surface area contributed by atoms with Crippen molar-refractivity contribution < 1.29 is 14.4 Å². The second-order valence-electron chi connectivity index (χ2n) is 8.95. The number of nitrogens with zero attached hydrogens (tertiary/aromatic N) is 2. The highest BCUT2D eigenvalue weighted by Crippen LogP contribution is 2.39. The zero-order valence-electron chi connectivity index (χ0n) is 16.6. The molecule has 0 radical (unpaired) electrons. The third-order valence-corrected chi connectivity index (χ3v) is 7.49. The number of carbonyl (C=O) groups excluding carboxylic acids is 3. The second kappa shape index (κ2) is 8.56. The molecule has 3 fully saturated rings. The zero-order chi connectivity index (χ0) is 19.7. The van der Waals surface area contributed by atoms with Gasteiger partial charge in [-0.1, -0.05) is 56.2 Å². The molecule has 2 atom stereocenters. The number of likely N-dealkylation sites (tertiary alicyclic amines) is 1. The number of hydrogen-bond donors (Lipinski definition) is 0. The average molecular weight is 407 g/mol. The van der Waals surface area contributed by atoms with Crippen molar-refractivity contribution in [2.45, 2.75) is 89.1 Å². The molecule has 0 aromatic heterocycles. The summed E-state index contributed by atoms with van der Waals surface area (Å²) >= 11 is 6.11. The van der Waals surface area contributed by atoms with Crippen LogP contribution in [0.1, 0.15) is 77.0 Å². The van der Waals surface area contributed by atoms with Crippen LogP contribution in [0.4, 0.5) is 0 Å². The second-order valence-corrected chi connectivity index (χ2v) is 9.44. The number of rotatable bonds is 4. The average Bonchev–Trinajstić information content (AvgIpc) is 2.94. The quantitative estimate of drug-likeness (QED) is 0.663. The van der Waals surface area contributed by atoms with Gasteiger partial charge in [0.15, 0.2) is 0 Å². The highest BCUT2D eigenvalue weighted by atomic mass is 35.5. The Hall–Kier alpha value is -1.36. The molecule has 5 nitrogen and oxygen atoms in total. The normalized spacial score (nSPS) is 29.6. The van der Waals surface area contributed by atoms with Crippen molar-refractivity contribution in [3.8, 4) is 0 Å². The van der Waals surface area contributed by atoms with Gasteiger partial charge in [0.2, 0.25) is 17.7 Å². The maximum atomic E-state index is 13.4. The summed E-state index contributed by atoms with van der Waals surface area (Å²) in [5, 5.41) is 0.654. The van der Waals surface area contributed by atoms with Crippen molar-refractivity contribution in [2.24, 2.45) is 11.8 Å². The Balaban J connectivity index is 1.49. The Bertz CT molecular complexity index is 647. The van der Waals surface area contributed by atoms with Crippen LogP contribution in [0, 0.1) is 11.8 Å². The first-order valence-electron chi connectivity index (χ1n) is 11.1. The van der Waals surface area contributed by atoms with Crippen LogP contribution in [-0.2, 0) is 14.4 Å². The fourth-order valence-corrected chi connectivity index (χ4v) is 5.95. The van der Waals surface area contributed by atoms with Crippen LogP contribution in [0.3, 0.4) is 0 Å². The molecule has 3 amide bonds. The van der Waals surface area contributed by atoms with Gasteiger partial charge in [-0.05, 0) is 38.5 Å². The van der Waals surface area contributed by atoms with E-state index >= 15 is 0 Å². The summed E-state index contributed by atoms with van der Waals surface area (Å²) < 4.78 is 0. The van der Waals surface area contributed by atoms with E-state index in [1.54, 1.807) is 0 Å². The van der Waals surface area contributed by atoms with Crippen molar-refractivity contribution >= 4 is 29.3 Å². The van der Waals surface area contributed by atoms with Crippen LogP contribution in [0.5, 0.6) is 0 Å². The molecule has 1 saturated heterocycles. The lowest BCUT2D eigenvalue weighted by atomic mass is 9.85. The number of amides is 3. The maximum absolute atomic E-state index is 13.4. The Kier molecular flexibility index (Phi) is 6.10. The molecule has 154 valence electrons. The highest BCUT2D eigenvalue weighted by Gasteiger charge is 2.49. The fraction of sp³-hybridized carbons (Fsp3) is 0.773. The Morgan fingerprint density at radius 2 is 1.46 bits per heavy atom. The smallest absolute Gasteiger partial charge is 0.243 e. The highest BCUT2D eigenvalue weighted by molar-refractivity contribution is 6.30. The molecule has 4 rings (SSSR count). The number of carbonyl (C=O) groups is 3. The molecule has 0 spiro atoms. The molecular formula is C22H31ClN2O3. The number of allylic oxidation sites excluding steroid dienone is 2. The maximum Gasteiger partial charge on any atom is 0.243 e. The standard InChI is InChI=1S/C22H31ClN2O3/c23-15-11-12-18-19(13-15)22(28)24(21(18)27)14-20(26)25(16-7-3-1-4-8-16)17-9-5-2-6-10-17/h11,16-19H,1-10,12-14H2/t18-,19-/m1/s1. The fourth-order valence-electron chi connectivity index (χ4n) is 5.69. The minimum absolute atomic E-state index is 0.0294. The molecule has 2 saturated carbocycles. The van der Waals surface area contributed by atoms with Crippen LogP contribution in [0.15, 0.2) is 11.1 Å². The molecule has 0 unspecified atom stereocenters. The summed E-state index contributed by atoms with van der Waals surface area (Å²) in [6.07, 6.45) is 14.1. The molecule has 0 aromatic rings.